The Kier molecular flexibility index (Phi) is 15.7. The molecule has 4 aromatic carbocycles. The molecule has 0 amide bonds. The molecule has 12 heteroatoms. The number of ether oxygens (including phenoxy) is 5. The summed E-state index contributed by atoms with van der Waals surface area (Å²) >= 11 is 0. The summed E-state index contributed by atoms with van der Waals surface area (Å²) < 4.78 is 74.5. The molecule has 0 fully saturated rings. The second-order valence-electron chi connectivity index (χ2n) is 12.3. The van der Waals surface area contributed by atoms with Crippen molar-refractivity contribution in [2.45, 2.75) is 50.0 Å². The van der Waals surface area contributed by atoms with Gasteiger partial charge < -0.3 is 23.7 Å². The lowest BCUT2D eigenvalue weighted by molar-refractivity contribution is -0.151. The Balaban J connectivity index is 0.000000286. The molecule has 0 unspecified atom stereocenters. The lowest BCUT2D eigenvalue weighted by Crippen LogP contribution is -2.28. The lowest BCUT2D eigenvalue weighted by Gasteiger charge is -2.19. The van der Waals surface area contributed by atoms with Gasteiger partial charge in [0.2, 0.25) is 0 Å². The first kappa shape index (κ1) is 41.2. The average molecular weight is 741 g/mol. The van der Waals surface area contributed by atoms with Crippen LogP contribution in [0, 0.1) is 0 Å². The Labute approximate surface area is 302 Å². The van der Waals surface area contributed by atoms with Gasteiger partial charge in [0.15, 0.2) is 25.4 Å². The predicted molar refractivity (Wildman–Crippen MR) is 199 cm³/mol. The minimum Gasteiger partial charge on any atom is -0.491 e. The number of hydrogen-bond acceptors (Lipinski definition) is 10. The molecule has 0 spiro atoms. The second kappa shape index (κ2) is 19.4. The molecule has 0 aromatic heterocycles. The standard InChI is InChI=1S/C22H28O6S.C17H20O4S/c1-5-26-14-15-27-19-10-6-17(7-11-19)18-8-12-20(13-9-18)29(24,25)16-21(23)28-22(2,3)4;1-3-20-12-13-21-16-8-4-14(5-9-16)15-6-10-17(11-7-15)22(2,18)19/h6-13H,5,14-16H2,1-4H3;4-11H,3,12-13H2,1-2H3. The predicted octanol–water partition coefficient (Wildman–Crippen LogP) is 7.06. The minimum atomic E-state index is -3.76. The summed E-state index contributed by atoms with van der Waals surface area (Å²) in [7, 11) is -6.91. The second-order valence-corrected chi connectivity index (χ2v) is 16.3. The third kappa shape index (κ3) is 14.5. The van der Waals surface area contributed by atoms with Crippen molar-refractivity contribution in [1.82, 2.24) is 0 Å². The highest BCUT2D eigenvalue weighted by molar-refractivity contribution is 7.92. The van der Waals surface area contributed by atoms with E-state index >= 15 is 0 Å². The first-order valence-electron chi connectivity index (χ1n) is 16.6. The maximum Gasteiger partial charge on any atom is 0.322 e. The van der Waals surface area contributed by atoms with Crippen LogP contribution in [0.5, 0.6) is 11.5 Å². The van der Waals surface area contributed by atoms with E-state index in [9.17, 15) is 21.6 Å². The van der Waals surface area contributed by atoms with E-state index < -0.39 is 37.0 Å². The molecule has 0 N–H and O–H groups in total. The highest BCUT2D eigenvalue weighted by atomic mass is 32.2. The molecule has 51 heavy (non-hydrogen) atoms. The number of benzene rings is 4. The summed E-state index contributed by atoms with van der Waals surface area (Å²) in [6.07, 6.45) is 1.20. The van der Waals surface area contributed by atoms with Crippen LogP contribution in [0.2, 0.25) is 0 Å². The zero-order valence-electron chi connectivity index (χ0n) is 30.1. The van der Waals surface area contributed by atoms with Crippen LogP contribution in [-0.2, 0) is 38.7 Å². The Bertz CT molecular complexity index is 1860. The lowest BCUT2D eigenvalue weighted by atomic mass is 10.1. The van der Waals surface area contributed by atoms with E-state index in [1.165, 1.54) is 18.4 Å². The quantitative estimate of drug-likeness (QED) is 0.0870. The van der Waals surface area contributed by atoms with Crippen LogP contribution in [0.25, 0.3) is 22.3 Å². The Hall–Kier alpha value is -4.23. The molecule has 0 saturated carbocycles. The molecule has 0 aliphatic carbocycles. The summed E-state index contributed by atoms with van der Waals surface area (Å²) in [6, 6.07) is 28.5. The number of rotatable bonds is 16. The van der Waals surface area contributed by atoms with Crippen molar-refractivity contribution in [3.8, 4) is 33.8 Å². The molecular weight excluding hydrogens is 693 g/mol. The van der Waals surface area contributed by atoms with Crippen LogP contribution in [0.1, 0.15) is 34.6 Å². The van der Waals surface area contributed by atoms with Gasteiger partial charge in [0, 0.05) is 19.5 Å². The SMILES string of the molecule is CCOCCOc1ccc(-c2ccc(S(=O)(=O)CC(=O)OC(C)(C)C)cc2)cc1.CCOCCOc1ccc(-c2ccc(S(C)(=O)=O)cc2)cc1. The van der Waals surface area contributed by atoms with Crippen molar-refractivity contribution in [2.24, 2.45) is 0 Å². The van der Waals surface area contributed by atoms with Crippen LogP contribution >= 0.6 is 0 Å². The minimum absolute atomic E-state index is 0.0861. The molecule has 0 bridgehead atoms. The summed E-state index contributed by atoms with van der Waals surface area (Å²) in [4.78, 5) is 12.3. The van der Waals surface area contributed by atoms with Gasteiger partial charge in [-0.05, 0) is 105 Å². The molecule has 4 rings (SSSR count). The van der Waals surface area contributed by atoms with Crippen molar-refractivity contribution in [3.63, 3.8) is 0 Å². The molecular formula is C39H48O10S2. The molecule has 0 saturated heterocycles. The summed E-state index contributed by atoms with van der Waals surface area (Å²) in [5, 5.41) is 0. The summed E-state index contributed by atoms with van der Waals surface area (Å²) in [5.41, 5.74) is 3.04. The van der Waals surface area contributed by atoms with Crippen molar-refractivity contribution in [2.75, 3.05) is 51.6 Å². The van der Waals surface area contributed by atoms with Gasteiger partial charge in [0.25, 0.3) is 0 Å². The molecule has 4 aromatic rings. The first-order valence-corrected chi connectivity index (χ1v) is 20.1. The van der Waals surface area contributed by atoms with Gasteiger partial charge in [0.1, 0.15) is 30.3 Å². The van der Waals surface area contributed by atoms with Crippen LogP contribution < -0.4 is 9.47 Å². The van der Waals surface area contributed by atoms with E-state index in [1.54, 1.807) is 57.2 Å². The molecule has 276 valence electrons. The van der Waals surface area contributed by atoms with E-state index in [0.29, 0.717) is 44.5 Å². The van der Waals surface area contributed by atoms with Gasteiger partial charge in [-0.1, -0.05) is 48.5 Å². The molecule has 0 aliphatic heterocycles. The Morgan fingerprint density at radius 1 is 0.549 bits per heavy atom. The zero-order chi connectivity index (χ0) is 37.5. The van der Waals surface area contributed by atoms with Gasteiger partial charge in [-0.15, -0.1) is 0 Å². The van der Waals surface area contributed by atoms with Gasteiger partial charge >= 0.3 is 5.97 Å². The fraction of sp³-hybridized carbons (Fsp3) is 0.359. The number of sulfone groups is 2. The van der Waals surface area contributed by atoms with Crippen LogP contribution in [-0.4, -0.2) is 80.1 Å². The third-order valence-electron chi connectivity index (χ3n) is 7.00. The van der Waals surface area contributed by atoms with Crippen molar-refractivity contribution in [3.05, 3.63) is 97.1 Å². The van der Waals surface area contributed by atoms with Crippen molar-refractivity contribution < 1.29 is 45.3 Å². The topological polar surface area (TPSA) is 132 Å². The van der Waals surface area contributed by atoms with Crippen molar-refractivity contribution in [1.29, 1.82) is 0 Å². The van der Waals surface area contributed by atoms with E-state index in [1.807, 2.05) is 62.4 Å². The fourth-order valence-corrected chi connectivity index (χ4v) is 6.29. The maximum atomic E-state index is 12.4. The third-order valence-corrected chi connectivity index (χ3v) is 9.73. The molecule has 0 radical (unpaired) electrons. The monoisotopic (exact) mass is 740 g/mol. The van der Waals surface area contributed by atoms with Crippen LogP contribution in [0.4, 0.5) is 0 Å². The molecule has 0 aliphatic rings. The van der Waals surface area contributed by atoms with Gasteiger partial charge in [0.05, 0.1) is 23.0 Å². The van der Waals surface area contributed by atoms with Gasteiger partial charge in [-0.3, -0.25) is 4.79 Å². The molecule has 0 heterocycles. The highest BCUT2D eigenvalue weighted by Crippen LogP contribution is 2.26. The largest absolute Gasteiger partial charge is 0.491 e. The number of carbonyl (C=O) groups excluding carboxylic acids is 1. The van der Waals surface area contributed by atoms with Gasteiger partial charge in [-0.25, -0.2) is 16.8 Å². The maximum absolute atomic E-state index is 12.4. The zero-order valence-corrected chi connectivity index (χ0v) is 31.7. The van der Waals surface area contributed by atoms with E-state index in [2.05, 4.69) is 0 Å². The number of hydrogen-bond donors (Lipinski definition) is 0. The summed E-state index contributed by atoms with van der Waals surface area (Å²) in [5.74, 6) is 0.0833. The van der Waals surface area contributed by atoms with Crippen LogP contribution in [0.15, 0.2) is 107 Å². The fourth-order valence-electron chi connectivity index (χ4n) is 4.57. The van der Waals surface area contributed by atoms with E-state index in [4.69, 9.17) is 23.7 Å². The normalized spacial score (nSPS) is 11.6. The highest BCUT2D eigenvalue weighted by Gasteiger charge is 2.24. The Morgan fingerprint density at radius 3 is 1.24 bits per heavy atom. The van der Waals surface area contributed by atoms with E-state index in [0.717, 1.165) is 33.8 Å². The van der Waals surface area contributed by atoms with Crippen molar-refractivity contribution >= 4 is 25.6 Å². The smallest absolute Gasteiger partial charge is 0.322 e. The number of carbonyl (C=O) groups is 1. The van der Waals surface area contributed by atoms with Crippen LogP contribution in [0.3, 0.4) is 0 Å². The first-order chi connectivity index (χ1) is 24.1. The van der Waals surface area contributed by atoms with E-state index in [-0.39, 0.29) is 4.90 Å². The molecule has 0 atom stereocenters. The summed E-state index contributed by atoms with van der Waals surface area (Å²) in [6.45, 7) is 12.4. The average Bonchev–Trinajstić information content (AvgIpc) is 3.08. The number of esters is 1. The Morgan fingerprint density at radius 2 is 0.902 bits per heavy atom. The molecule has 10 nitrogen and oxygen atoms in total. The van der Waals surface area contributed by atoms with Gasteiger partial charge in [-0.2, -0.15) is 0 Å².